The fourth-order valence-electron chi connectivity index (χ4n) is 3.04. The van der Waals surface area contributed by atoms with Gasteiger partial charge in [0.1, 0.15) is 12.1 Å². The van der Waals surface area contributed by atoms with Gasteiger partial charge in [0, 0.05) is 32.3 Å². The molecule has 1 unspecified atom stereocenters. The topological polar surface area (TPSA) is 90.8 Å². The molecule has 0 fully saturated rings. The molecule has 4 rings (SSSR count). The Kier molecular flexibility index (Phi) is 3.64. The number of rotatable bonds is 3. The van der Waals surface area contributed by atoms with E-state index in [0.29, 0.717) is 5.56 Å². The molecule has 124 valence electrons. The van der Waals surface area contributed by atoms with E-state index in [1.807, 2.05) is 13.2 Å². The van der Waals surface area contributed by atoms with Crippen molar-refractivity contribution >= 4 is 5.91 Å². The molecule has 1 aliphatic heterocycles. The number of nitrogens with one attached hydrogen (secondary N) is 1. The Balaban J connectivity index is 1.48. The molecular weight excluding hydrogens is 308 g/mol. The zero-order valence-corrected chi connectivity index (χ0v) is 13.3. The lowest BCUT2D eigenvalue weighted by atomic mass is 10.1. The number of carbonyl (C=O) groups is 1. The highest BCUT2D eigenvalue weighted by atomic mass is 16.3. The van der Waals surface area contributed by atoms with E-state index in [9.17, 15) is 4.79 Å². The van der Waals surface area contributed by atoms with Crippen LogP contribution in [0.3, 0.4) is 0 Å². The van der Waals surface area contributed by atoms with Gasteiger partial charge in [-0.15, -0.1) is 10.2 Å². The highest BCUT2D eigenvalue weighted by Crippen LogP contribution is 2.22. The zero-order valence-electron chi connectivity index (χ0n) is 13.3. The monoisotopic (exact) mass is 326 g/mol. The minimum Gasteiger partial charge on any atom is -0.472 e. The maximum atomic E-state index is 12.2. The number of aromatic nitrogens is 5. The standard InChI is InChI=1S/C16H18N6O2/c1-21-9-12(8-17-21)15-20-19-14-3-2-13(4-6-22(14)15)18-16(23)11-5-7-24-10-11/h5,7-10,13H,2-4,6H2,1H3,(H,18,23). The number of carbonyl (C=O) groups excluding carboxylic acids is 1. The van der Waals surface area contributed by atoms with Crippen molar-refractivity contribution in [3.8, 4) is 11.4 Å². The van der Waals surface area contributed by atoms with Crippen molar-refractivity contribution in [3.63, 3.8) is 0 Å². The minimum absolute atomic E-state index is 0.0982. The number of nitrogens with zero attached hydrogens (tertiary/aromatic N) is 5. The number of hydrogen-bond acceptors (Lipinski definition) is 5. The molecule has 0 saturated carbocycles. The Bertz CT molecular complexity index is 848. The summed E-state index contributed by atoms with van der Waals surface area (Å²) in [4.78, 5) is 12.2. The molecular formula is C16H18N6O2. The van der Waals surface area contributed by atoms with Crippen LogP contribution in [0.2, 0.25) is 0 Å². The quantitative estimate of drug-likeness (QED) is 0.786. The first kappa shape index (κ1) is 14.7. The Labute approximate surface area is 138 Å². The number of amides is 1. The van der Waals surface area contributed by atoms with E-state index >= 15 is 0 Å². The number of furan rings is 1. The lowest BCUT2D eigenvalue weighted by Gasteiger charge is -2.15. The Hall–Kier alpha value is -2.90. The normalized spacial score (nSPS) is 17.3. The molecule has 4 heterocycles. The Morgan fingerprint density at radius 2 is 2.29 bits per heavy atom. The van der Waals surface area contributed by atoms with Crippen LogP contribution < -0.4 is 5.32 Å². The van der Waals surface area contributed by atoms with Crippen LogP contribution in [0.5, 0.6) is 0 Å². The number of fused-ring (bicyclic) bond motifs is 1. The van der Waals surface area contributed by atoms with Gasteiger partial charge in [0.2, 0.25) is 0 Å². The highest BCUT2D eigenvalue weighted by molar-refractivity contribution is 5.93. The molecule has 1 aliphatic rings. The van der Waals surface area contributed by atoms with Crippen LogP contribution >= 0.6 is 0 Å². The van der Waals surface area contributed by atoms with E-state index in [2.05, 4.69) is 25.2 Å². The number of hydrogen-bond donors (Lipinski definition) is 1. The van der Waals surface area contributed by atoms with Crippen LogP contribution in [-0.2, 0) is 20.0 Å². The van der Waals surface area contributed by atoms with Gasteiger partial charge < -0.3 is 14.3 Å². The minimum atomic E-state index is -0.0982. The highest BCUT2D eigenvalue weighted by Gasteiger charge is 2.23. The Morgan fingerprint density at radius 1 is 1.38 bits per heavy atom. The summed E-state index contributed by atoms with van der Waals surface area (Å²) in [7, 11) is 1.88. The molecule has 0 aliphatic carbocycles. The van der Waals surface area contributed by atoms with Crippen molar-refractivity contribution in [3.05, 3.63) is 42.4 Å². The van der Waals surface area contributed by atoms with E-state index in [1.165, 1.54) is 12.5 Å². The van der Waals surface area contributed by atoms with Crippen LogP contribution in [0, 0.1) is 0 Å². The summed E-state index contributed by atoms with van der Waals surface area (Å²) in [6.07, 6.45) is 9.14. The third-order valence-electron chi connectivity index (χ3n) is 4.33. The molecule has 3 aromatic rings. The van der Waals surface area contributed by atoms with Crippen LogP contribution in [0.1, 0.15) is 29.0 Å². The predicted molar refractivity (Wildman–Crippen MR) is 85.1 cm³/mol. The fourth-order valence-corrected chi connectivity index (χ4v) is 3.04. The zero-order chi connectivity index (χ0) is 16.5. The van der Waals surface area contributed by atoms with Gasteiger partial charge in [-0.25, -0.2) is 0 Å². The van der Waals surface area contributed by atoms with E-state index in [1.54, 1.807) is 16.9 Å². The molecule has 0 spiro atoms. The van der Waals surface area contributed by atoms with E-state index < -0.39 is 0 Å². The van der Waals surface area contributed by atoms with Crippen LogP contribution in [0.4, 0.5) is 0 Å². The van der Waals surface area contributed by atoms with Gasteiger partial charge in [0.15, 0.2) is 5.82 Å². The van der Waals surface area contributed by atoms with Crippen LogP contribution in [0.15, 0.2) is 35.4 Å². The second-order valence-corrected chi connectivity index (χ2v) is 6.00. The van der Waals surface area contributed by atoms with Gasteiger partial charge in [-0.2, -0.15) is 5.10 Å². The van der Waals surface area contributed by atoms with Crippen molar-refractivity contribution in [2.45, 2.75) is 31.8 Å². The fraction of sp³-hybridized carbons (Fsp3) is 0.375. The molecule has 1 atom stereocenters. The van der Waals surface area contributed by atoms with Crippen molar-refractivity contribution < 1.29 is 9.21 Å². The molecule has 24 heavy (non-hydrogen) atoms. The Morgan fingerprint density at radius 3 is 3.04 bits per heavy atom. The van der Waals surface area contributed by atoms with Crippen LogP contribution in [-0.4, -0.2) is 36.5 Å². The van der Waals surface area contributed by atoms with Gasteiger partial charge in [0.25, 0.3) is 5.91 Å². The molecule has 3 aromatic heterocycles. The molecule has 1 amide bonds. The summed E-state index contributed by atoms with van der Waals surface area (Å²) in [5.41, 5.74) is 1.51. The van der Waals surface area contributed by atoms with E-state index in [0.717, 1.165) is 43.0 Å². The van der Waals surface area contributed by atoms with Gasteiger partial charge in [0.05, 0.1) is 23.6 Å². The lowest BCUT2D eigenvalue weighted by molar-refractivity contribution is 0.0932. The molecule has 0 aromatic carbocycles. The van der Waals surface area contributed by atoms with E-state index in [-0.39, 0.29) is 11.9 Å². The molecule has 8 nitrogen and oxygen atoms in total. The first-order chi connectivity index (χ1) is 11.7. The molecule has 0 saturated heterocycles. The SMILES string of the molecule is Cn1cc(-c2nnc3n2CCC(NC(=O)c2ccoc2)CC3)cn1. The molecule has 8 heteroatoms. The second-order valence-electron chi connectivity index (χ2n) is 6.00. The van der Waals surface area contributed by atoms with Crippen molar-refractivity contribution in [1.29, 1.82) is 0 Å². The summed E-state index contributed by atoms with van der Waals surface area (Å²) in [5, 5.41) is 15.9. The third kappa shape index (κ3) is 2.70. The molecule has 0 radical (unpaired) electrons. The first-order valence-electron chi connectivity index (χ1n) is 7.95. The molecule has 1 N–H and O–H groups in total. The summed E-state index contributed by atoms with van der Waals surface area (Å²) in [6, 6.07) is 1.78. The summed E-state index contributed by atoms with van der Waals surface area (Å²) in [6.45, 7) is 0.767. The summed E-state index contributed by atoms with van der Waals surface area (Å²) >= 11 is 0. The van der Waals surface area contributed by atoms with Crippen molar-refractivity contribution in [1.82, 2.24) is 29.9 Å². The first-order valence-corrected chi connectivity index (χ1v) is 7.95. The van der Waals surface area contributed by atoms with E-state index in [4.69, 9.17) is 4.42 Å². The van der Waals surface area contributed by atoms with Gasteiger partial charge in [-0.05, 0) is 18.9 Å². The lowest BCUT2D eigenvalue weighted by Crippen LogP contribution is -2.35. The predicted octanol–water partition coefficient (Wildman–Crippen LogP) is 1.41. The van der Waals surface area contributed by atoms with Crippen LogP contribution in [0.25, 0.3) is 11.4 Å². The summed E-state index contributed by atoms with van der Waals surface area (Å²) < 4.78 is 8.84. The van der Waals surface area contributed by atoms with Crippen molar-refractivity contribution in [2.75, 3.05) is 0 Å². The van der Waals surface area contributed by atoms with Gasteiger partial charge in [-0.3, -0.25) is 9.48 Å². The van der Waals surface area contributed by atoms with Gasteiger partial charge >= 0.3 is 0 Å². The van der Waals surface area contributed by atoms with Crippen molar-refractivity contribution in [2.24, 2.45) is 7.05 Å². The second kappa shape index (κ2) is 5.95. The smallest absolute Gasteiger partial charge is 0.254 e. The number of aryl methyl sites for hydroxylation is 2. The molecule has 0 bridgehead atoms. The average Bonchev–Trinajstić information content (AvgIpc) is 3.29. The maximum Gasteiger partial charge on any atom is 0.254 e. The van der Waals surface area contributed by atoms with Gasteiger partial charge in [-0.1, -0.05) is 0 Å². The third-order valence-corrected chi connectivity index (χ3v) is 4.33. The summed E-state index contributed by atoms with van der Waals surface area (Å²) in [5.74, 6) is 1.69. The maximum absolute atomic E-state index is 12.2. The largest absolute Gasteiger partial charge is 0.472 e. The average molecular weight is 326 g/mol.